The van der Waals surface area contributed by atoms with Crippen molar-refractivity contribution in [2.75, 3.05) is 20.1 Å². The molecule has 1 aromatic rings. The van der Waals surface area contributed by atoms with Crippen LogP contribution in [0.5, 0.6) is 0 Å². The van der Waals surface area contributed by atoms with E-state index in [9.17, 15) is 0 Å². The summed E-state index contributed by atoms with van der Waals surface area (Å²) in [7, 11) is 2.30. The number of nitrogens with zero attached hydrogens (tertiary/aromatic N) is 1. The molecule has 21 heavy (non-hydrogen) atoms. The molecule has 116 valence electrons. The van der Waals surface area contributed by atoms with Crippen molar-refractivity contribution >= 4 is 15.9 Å². The van der Waals surface area contributed by atoms with Gasteiger partial charge in [-0.25, -0.2) is 0 Å². The Kier molecular flexibility index (Phi) is 5.03. The van der Waals surface area contributed by atoms with Gasteiger partial charge < -0.3 is 5.32 Å². The molecule has 1 N–H and O–H groups in total. The summed E-state index contributed by atoms with van der Waals surface area (Å²) < 4.78 is 1.24. The van der Waals surface area contributed by atoms with Gasteiger partial charge in [0, 0.05) is 23.1 Å². The standard InChI is InChI=1S/C18H27BrN2/c1-13-6-7-14(11-17(13)19)18-15(12-20-16-8-9-16)5-3-4-10-21(18)2/h6-7,11,15-16,18,20H,3-5,8-10,12H2,1-2H3. The van der Waals surface area contributed by atoms with E-state index in [0.29, 0.717) is 6.04 Å². The molecule has 0 bridgehead atoms. The first-order chi connectivity index (χ1) is 10.1. The third kappa shape index (κ3) is 3.88. The number of benzene rings is 1. The second-order valence-corrected chi connectivity index (χ2v) is 7.73. The zero-order valence-corrected chi connectivity index (χ0v) is 14.8. The molecule has 2 atom stereocenters. The SMILES string of the molecule is Cc1ccc(C2C(CNC3CC3)CCCCN2C)cc1Br. The van der Waals surface area contributed by atoms with Crippen LogP contribution in [0.1, 0.15) is 49.3 Å². The molecule has 1 aromatic carbocycles. The van der Waals surface area contributed by atoms with Crippen molar-refractivity contribution < 1.29 is 0 Å². The molecule has 2 nitrogen and oxygen atoms in total. The molecule has 1 aliphatic carbocycles. The summed E-state index contributed by atoms with van der Waals surface area (Å²) >= 11 is 3.71. The van der Waals surface area contributed by atoms with E-state index >= 15 is 0 Å². The minimum absolute atomic E-state index is 0.552. The smallest absolute Gasteiger partial charge is 0.0385 e. The van der Waals surface area contributed by atoms with Crippen molar-refractivity contribution in [1.29, 1.82) is 0 Å². The first kappa shape index (κ1) is 15.5. The fraction of sp³-hybridized carbons (Fsp3) is 0.667. The lowest BCUT2D eigenvalue weighted by molar-refractivity contribution is 0.188. The van der Waals surface area contributed by atoms with Gasteiger partial charge in [-0.1, -0.05) is 34.5 Å². The number of hydrogen-bond donors (Lipinski definition) is 1. The van der Waals surface area contributed by atoms with Gasteiger partial charge in [-0.3, -0.25) is 4.90 Å². The predicted octanol–water partition coefficient (Wildman–Crippen LogP) is 4.28. The first-order valence-corrected chi connectivity index (χ1v) is 9.14. The quantitative estimate of drug-likeness (QED) is 0.871. The van der Waals surface area contributed by atoms with Crippen molar-refractivity contribution in [2.45, 2.75) is 51.1 Å². The van der Waals surface area contributed by atoms with Gasteiger partial charge in [-0.2, -0.15) is 0 Å². The Morgan fingerprint density at radius 2 is 2.05 bits per heavy atom. The Balaban J connectivity index is 1.81. The number of rotatable bonds is 4. The number of aryl methyl sites for hydroxylation is 1. The Morgan fingerprint density at radius 3 is 2.76 bits per heavy atom. The lowest BCUT2D eigenvalue weighted by Gasteiger charge is -2.33. The summed E-state index contributed by atoms with van der Waals surface area (Å²) in [5, 5.41) is 3.76. The molecule has 1 saturated heterocycles. The molecule has 1 aliphatic heterocycles. The second-order valence-electron chi connectivity index (χ2n) is 6.87. The van der Waals surface area contributed by atoms with E-state index in [1.54, 1.807) is 0 Å². The highest BCUT2D eigenvalue weighted by molar-refractivity contribution is 9.10. The number of nitrogens with one attached hydrogen (secondary N) is 1. The van der Waals surface area contributed by atoms with E-state index in [0.717, 1.165) is 12.0 Å². The van der Waals surface area contributed by atoms with Crippen LogP contribution in [0.15, 0.2) is 22.7 Å². The molecule has 1 saturated carbocycles. The summed E-state index contributed by atoms with van der Waals surface area (Å²) in [4.78, 5) is 2.57. The second kappa shape index (κ2) is 6.80. The van der Waals surface area contributed by atoms with Crippen molar-refractivity contribution in [3.8, 4) is 0 Å². The monoisotopic (exact) mass is 350 g/mol. The van der Waals surface area contributed by atoms with Crippen molar-refractivity contribution in [3.05, 3.63) is 33.8 Å². The van der Waals surface area contributed by atoms with E-state index < -0.39 is 0 Å². The summed E-state index contributed by atoms with van der Waals surface area (Å²) in [5.41, 5.74) is 2.79. The molecule has 2 fully saturated rings. The van der Waals surface area contributed by atoms with Gasteiger partial charge in [0.25, 0.3) is 0 Å². The normalized spacial score (nSPS) is 27.6. The predicted molar refractivity (Wildman–Crippen MR) is 92.6 cm³/mol. The average molecular weight is 351 g/mol. The maximum Gasteiger partial charge on any atom is 0.0385 e. The lowest BCUT2D eigenvalue weighted by Crippen LogP contribution is -2.35. The van der Waals surface area contributed by atoms with Gasteiger partial charge in [0.2, 0.25) is 0 Å². The average Bonchev–Trinajstić information content (AvgIpc) is 3.28. The van der Waals surface area contributed by atoms with Crippen molar-refractivity contribution in [2.24, 2.45) is 5.92 Å². The molecule has 0 radical (unpaired) electrons. The molecule has 3 rings (SSSR count). The van der Waals surface area contributed by atoms with E-state index in [1.165, 1.54) is 60.8 Å². The Labute approximate surface area is 137 Å². The maximum absolute atomic E-state index is 3.76. The van der Waals surface area contributed by atoms with Crippen LogP contribution in [0.3, 0.4) is 0 Å². The minimum Gasteiger partial charge on any atom is -0.314 e. The Bertz CT molecular complexity index is 484. The molecule has 2 aliphatic rings. The minimum atomic E-state index is 0.552. The summed E-state index contributed by atoms with van der Waals surface area (Å²) in [5.74, 6) is 0.729. The van der Waals surface area contributed by atoms with Gasteiger partial charge >= 0.3 is 0 Å². The maximum atomic E-state index is 3.76. The van der Waals surface area contributed by atoms with Crippen LogP contribution < -0.4 is 5.32 Å². The van der Waals surface area contributed by atoms with Crippen LogP contribution in [0.2, 0.25) is 0 Å². The van der Waals surface area contributed by atoms with Gasteiger partial charge in [0.15, 0.2) is 0 Å². The van der Waals surface area contributed by atoms with Gasteiger partial charge in [-0.15, -0.1) is 0 Å². The van der Waals surface area contributed by atoms with Crippen molar-refractivity contribution in [1.82, 2.24) is 10.2 Å². The fourth-order valence-corrected chi connectivity index (χ4v) is 3.96. The largest absolute Gasteiger partial charge is 0.314 e. The molecule has 0 amide bonds. The zero-order valence-electron chi connectivity index (χ0n) is 13.2. The number of halogens is 1. The van der Waals surface area contributed by atoms with Crippen LogP contribution >= 0.6 is 15.9 Å². The molecular formula is C18H27BrN2. The Morgan fingerprint density at radius 1 is 1.24 bits per heavy atom. The molecular weight excluding hydrogens is 324 g/mol. The Hall–Kier alpha value is -0.380. The van der Waals surface area contributed by atoms with Crippen LogP contribution in [-0.2, 0) is 0 Å². The third-order valence-corrected chi connectivity index (χ3v) is 5.89. The molecule has 0 aromatic heterocycles. The van der Waals surface area contributed by atoms with Crippen LogP contribution in [-0.4, -0.2) is 31.1 Å². The van der Waals surface area contributed by atoms with Crippen molar-refractivity contribution in [3.63, 3.8) is 0 Å². The molecule has 1 heterocycles. The van der Waals surface area contributed by atoms with E-state index in [2.05, 4.69) is 58.3 Å². The topological polar surface area (TPSA) is 15.3 Å². The van der Waals surface area contributed by atoms with Crippen LogP contribution in [0, 0.1) is 12.8 Å². The number of hydrogen-bond acceptors (Lipinski definition) is 2. The number of likely N-dealkylation sites (tertiary alicyclic amines) is 1. The molecule has 2 unspecified atom stereocenters. The van der Waals surface area contributed by atoms with Gasteiger partial charge in [0.05, 0.1) is 0 Å². The summed E-state index contributed by atoms with van der Waals surface area (Å²) in [6.45, 7) is 4.55. The van der Waals surface area contributed by atoms with E-state index in [-0.39, 0.29) is 0 Å². The highest BCUT2D eigenvalue weighted by atomic mass is 79.9. The first-order valence-electron chi connectivity index (χ1n) is 8.35. The van der Waals surface area contributed by atoms with Crippen LogP contribution in [0.25, 0.3) is 0 Å². The fourth-order valence-electron chi connectivity index (χ4n) is 3.56. The molecule has 3 heteroatoms. The third-order valence-electron chi connectivity index (χ3n) is 5.04. The highest BCUT2D eigenvalue weighted by Gasteiger charge is 2.31. The van der Waals surface area contributed by atoms with Crippen LogP contribution in [0.4, 0.5) is 0 Å². The highest BCUT2D eigenvalue weighted by Crippen LogP contribution is 2.36. The van der Waals surface area contributed by atoms with Gasteiger partial charge in [0.1, 0.15) is 0 Å². The lowest BCUT2D eigenvalue weighted by atomic mass is 9.89. The van der Waals surface area contributed by atoms with E-state index in [1.807, 2.05) is 0 Å². The van der Waals surface area contributed by atoms with E-state index in [4.69, 9.17) is 0 Å². The van der Waals surface area contributed by atoms with Gasteiger partial charge in [-0.05, 0) is 69.3 Å². The molecule has 0 spiro atoms. The summed E-state index contributed by atoms with van der Waals surface area (Å²) in [6.07, 6.45) is 6.80. The zero-order chi connectivity index (χ0) is 14.8. The summed E-state index contributed by atoms with van der Waals surface area (Å²) in [6, 6.07) is 8.28.